The number of aromatic nitrogens is 2. The average molecular weight is 310 g/mol. The Morgan fingerprint density at radius 1 is 1.27 bits per heavy atom. The van der Waals surface area contributed by atoms with Crippen molar-refractivity contribution in [3.8, 4) is 0 Å². The lowest BCUT2D eigenvalue weighted by atomic mass is 10.2. The van der Waals surface area contributed by atoms with Gasteiger partial charge in [-0.2, -0.15) is 5.10 Å². The molecule has 1 saturated heterocycles. The summed E-state index contributed by atoms with van der Waals surface area (Å²) in [5.41, 5.74) is 0.132. The van der Waals surface area contributed by atoms with Gasteiger partial charge in [0.25, 0.3) is 0 Å². The molecule has 2 heterocycles. The van der Waals surface area contributed by atoms with Gasteiger partial charge in [-0.05, 0) is 32.1 Å². The van der Waals surface area contributed by atoms with Crippen LogP contribution in [0.5, 0.6) is 0 Å². The van der Waals surface area contributed by atoms with Crippen molar-refractivity contribution in [2.24, 2.45) is 0 Å². The second-order valence-corrected chi connectivity index (χ2v) is 5.56. The molecule has 1 aliphatic heterocycles. The quantitative estimate of drug-likeness (QED) is 0.631. The minimum Gasteiger partial charge on any atom is -0.381 e. The third kappa shape index (κ3) is 3.58. The molecule has 1 aromatic rings. The van der Waals surface area contributed by atoms with Crippen LogP contribution in [0.1, 0.15) is 52.0 Å². The van der Waals surface area contributed by atoms with Crippen LogP contribution in [0.3, 0.4) is 0 Å². The molecule has 1 aliphatic carbocycles. The molecular weight excluding hydrogens is 284 g/mol. The van der Waals surface area contributed by atoms with Crippen molar-refractivity contribution in [1.29, 1.82) is 0 Å². The van der Waals surface area contributed by atoms with Gasteiger partial charge in [0.1, 0.15) is 6.20 Å². The SMILES string of the molecule is CC.COC1CCCN(c2c([N+](=O)[O-])cnn2C2CC2)CC1. The maximum absolute atomic E-state index is 11.2. The van der Waals surface area contributed by atoms with Crippen molar-refractivity contribution in [1.82, 2.24) is 9.78 Å². The highest BCUT2D eigenvalue weighted by molar-refractivity contribution is 5.58. The first kappa shape index (κ1) is 16.7. The van der Waals surface area contributed by atoms with E-state index >= 15 is 0 Å². The topological polar surface area (TPSA) is 73.4 Å². The molecule has 2 aliphatic rings. The summed E-state index contributed by atoms with van der Waals surface area (Å²) in [5, 5.41) is 15.5. The fraction of sp³-hybridized carbons (Fsp3) is 0.800. The summed E-state index contributed by atoms with van der Waals surface area (Å²) < 4.78 is 7.27. The highest BCUT2D eigenvalue weighted by Gasteiger charge is 2.34. The van der Waals surface area contributed by atoms with Crippen molar-refractivity contribution < 1.29 is 9.66 Å². The fourth-order valence-electron chi connectivity index (χ4n) is 2.88. The summed E-state index contributed by atoms with van der Waals surface area (Å²) in [5.74, 6) is 0.689. The second-order valence-electron chi connectivity index (χ2n) is 5.56. The Labute approximate surface area is 131 Å². The van der Waals surface area contributed by atoms with Gasteiger partial charge in [0.05, 0.1) is 17.1 Å². The van der Waals surface area contributed by atoms with Gasteiger partial charge in [0.2, 0.25) is 5.82 Å². The summed E-state index contributed by atoms with van der Waals surface area (Å²) in [6, 6.07) is 0.347. The first-order valence-electron chi connectivity index (χ1n) is 8.20. The molecule has 124 valence electrons. The smallest absolute Gasteiger partial charge is 0.331 e. The van der Waals surface area contributed by atoms with Gasteiger partial charge in [0.15, 0.2) is 0 Å². The zero-order valence-electron chi connectivity index (χ0n) is 13.7. The molecule has 1 atom stereocenters. The van der Waals surface area contributed by atoms with Crippen molar-refractivity contribution in [2.75, 3.05) is 25.1 Å². The standard InChI is InChI=1S/C13H20N4O3.C2H6/c1-20-11-3-2-7-15(8-6-11)13-12(17(18)19)9-14-16(13)10-4-5-10;1-2/h9-11H,2-8H2,1H3;1-2H3. The van der Waals surface area contributed by atoms with Gasteiger partial charge < -0.3 is 9.64 Å². The van der Waals surface area contributed by atoms with Crippen molar-refractivity contribution in [3.63, 3.8) is 0 Å². The number of hydrogen-bond acceptors (Lipinski definition) is 5. The first-order chi connectivity index (χ1) is 10.7. The summed E-state index contributed by atoms with van der Waals surface area (Å²) in [6.07, 6.45) is 6.71. The molecule has 22 heavy (non-hydrogen) atoms. The van der Waals surface area contributed by atoms with Crippen LogP contribution in [-0.2, 0) is 4.74 Å². The Morgan fingerprint density at radius 3 is 2.59 bits per heavy atom. The molecule has 0 bridgehead atoms. The van der Waals surface area contributed by atoms with Crippen LogP contribution in [0.15, 0.2) is 6.20 Å². The summed E-state index contributed by atoms with van der Waals surface area (Å²) in [7, 11) is 1.73. The molecule has 0 spiro atoms. The largest absolute Gasteiger partial charge is 0.381 e. The van der Waals surface area contributed by atoms with Crippen LogP contribution >= 0.6 is 0 Å². The van der Waals surface area contributed by atoms with Gasteiger partial charge in [-0.25, -0.2) is 4.68 Å². The molecule has 1 aromatic heterocycles. The van der Waals surface area contributed by atoms with Crippen LogP contribution in [-0.4, -0.2) is 41.0 Å². The fourth-order valence-corrected chi connectivity index (χ4v) is 2.88. The molecule has 0 amide bonds. The monoisotopic (exact) mass is 310 g/mol. The zero-order chi connectivity index (χ0) is 16.1. The lowest BCUT2D eigenvalue weighted by molar-refractivity contribution is -0.384. The van der Waals surface area contributed by atoms with E-state index in [0.717, 1.165) is 45.2 Å². The minimum absolute atomic E-state index is 0.132. The molecule has 2 fully saturated rings. The summed E-state index contributed by atoms with van der Waals surface area (Å²) >= 11 is 0. The summed E-state index contributed by atoms with van der Waals surface area (Å²) in [6.45, 7) is 5.62. The van der Waals surface area contributed by atoms with Crippen LogP contribution in [0.25, 0.3) is 0 Å². The van der Waals surface area contributed by atoms with E-state index in [0.29, 0.717) is 11.9 Å². The van der Waals surface area contributed by atoms with Gasteiger partial charge in [-0.15, -0.1) is 0 Å². The number of nitrogens with zero attached hydrogens (tertiary/aromatic N) is 4. The Hall–Kier alpha value is -1.63. The predicted octanol–water partition coefficient (Wildman–Crippen LogP) is 3.16. The normalized spacial score (nSPS) is 21.8. The van der Waals surface area contributed by atoms with Crippen molar-refractivity contribution in [2.45, 2.75) is 58.1 Å². The van der Waals surface area contributed by atoms with Gasteiger partial charge >= 0.3 is 5.69 Å². The second kappa shape index (κ2) is 7.58. The Morgan fingerprint density at radius 2 is 2.00 bits per heavy atom. The molecule has 0 aromatic carbocycles. The summed E-state index contributed by atoms with van der Waals surface area (Å²) in [4.78, 5) is 13.0. The van der Waals surface area contributed by atoms with E-state index in [9.17, 15) is 10.1 Å². The Kier molecular flexibility index (Phi) is 5.76. The third-order valence-electron chi connectivity index (χ3n) is 4.15. The van der Waals surface area contributed by atoms with Crippen molar-refractivity contribution >= 4 is 11.5 Å². The highest BCUT2D eigenvalue weighted by atomic mass is 16.6. The molecule has 1 saturated carbocycles. The number of hydrogen-bond donors (Lipinski definition) is 0. The lowest BCUT2D eigenvalue weighted by Gasteiger charge is -2.22. The predicted molar refractivity (Wildman–Crippen MR) is 85.4 cm³/mol. The number of nitro groups is 1. The van der Waals surface area contributed by atoms with Gasteiger partial charge in [-0.1, -0.05) is 13.8 Å². The van der Waals surface area contributed by atoms with Crippen LogP contribution in [0.2, 0.25) is 0 Å². The van der Waals surface area contributed by atoms with Gasteiger partial charge in [-0.3, -0.25) is 10.1 Å². The van der Waals surface area contributed by atoms with E-state index in [4.69, 9.17) is 4.74 Å². The molecule has 0 N–H and O–H groups in total. The molecule has 7 heteroatoms. The first-order valence-corrected chi connectivity index (χ1v) is 8.20. The van der Waals surface area contributed by atoms with E-state index in [1.54, 1.807) is 7.11 Å². The molecule has 1 unspecified atom stereocenters. The Balaban J connectivity index is 0.000000847. The number of anilines is 1. The van der Waals surface area contributed by atoms with E-state index < -0.39 is 0 Å². The molecule has 0 radical (unpaired) electrons. The number of ether oxygens (including phenoxy) is 1. The van der Waals surface area contributed by atoms with Gasteiger partial charge in [0, 0.05) is 20.2 Å². The van der Waals surface area contributed by atoms with Crippen LogP contribution in [0, 0.1) is 10.1 Å². The van der Waals surface area contributed by atoms with E-state index in [1.165, 1.54) is 6.20 Å². The number of methoxy groups -OCH3 is 1. The molecule has 7 nitrogen and oxygen atoms in total. The molecular formula is C15H26N4O3. The lowest BCUT2D eigenvalue weighted by Crippen LogP contribution is -2.28. The maximum atomic E-state index is 11.2. The number of rotatable bonds is 4. The molecule has 3 rings (SSSR count). The van der Waals surface area contributed by atoms with Crippen LogP contribution in [0.4, 0.5) is 11.5 Å². The van der Waals surface area contributed by atoms with E-state index in [-0.39, 0.29) is 16.7 Å². The van der Waals surface area contributed by atoms with E-state index in [2.05, 4.69) is 10.00 Å². The van der Waals surface area contributed by atoms with Crippen molar-refractivity contribution in [3.05, 3.63) is 16.3 Å². The zero-order valence-corrected chi connectivity index (χ0v) is 13.7. The minimum atomic E-state index is -0.320. The van der Waals surface area contributed by atoms with E-state index in [1.807, 2.05) is 18.5 Å². The Bertz CT molecular complexity index is 499. The van der Waals surface area contributed by atoms with Crippen LogP contribution < -0.4 is 4.90 Å². The third-order valence-corrected chi connectivity index (χ3v) is 4.15. The highest BCUT2D eigenvalue weighted by Crippen LogP contribution is 2.41. The maximum Gasteiger partial charge on any atom is 0.331 e. The average Bonchev–Trinajstić information content (AvgIpc) is 3.32.